The van der Waals surface area contributed by atoms with Gasteiger partial charge in [-0.25, -0.2) is 0 Å². The van der Waals surface area contributed by atoms with Crippen LogP contribution in [-0.4, -0.2) is 54.7 Å². The van der Waals surface area contributed by atoms with Crippen LogP contribution < -0.4 is 0 Å². The summed E-state index contributed by atoms with van der Waals surface area (Å²) in [6, 6.07) is 1.59. The molecule has 0 heterocycles. The number of hydrogen-bond acceptors (Lipinski definition) is 8. The quantitative estimate of drug-likeness (QED) is 0.218. The lowest BCUT2D eigenvalue weighted by Gasteiger charge is -2.17. The number of rotatable bonds is 10. The third-order valence-electron chi connectivity index (χ3n) is 2.57. The second-order valence-electron chi connectivity index (χ2n) is 4.93. The molecular formula is C13H24O8Si2. The molecule has 0 atom stereocenters. The van der Waals surface area contributed by atoms with E-state index in [1.807, 2.05) is 0 Å². The Morgan fingerprint density at radius 3 is 1.13 bits per heavy atom. The summed E-state index contributed by atoms with van der Waals surface area (Å²) in [7, 11) is -1.86. The van der Waals surface area contributed by atoms with Crippen LogP contribution in [0.15, 0.2) is 0 Å². The van der Waals surface area contributed by atoms with E-state index >= 15 is 0 Å². The summed E-state index contributed by atoms with van der Waals surface area (Å²) < 4.78 is 19.8. The minimum Gasteiger partial charge on any atom is -0.431 e. The summed E-state index contributed by atoms with van der Waals surface area (Å²) in [6.07, 6.45) is 0.816. The summed E-state index contributed by atoms with van der Waals surface area (Å²) in [6.45, 7) is 5.06. The first-order valence-corrected chi connectivity index (χ1v) is 11.0. The topological polar surface area (TPSA) is 105 Å². The molecule has 0 saturated heterocycles. The highest BCUT2D eigenvalue weighted by Crippen LogP contribution is 2.06. The van der Waals surface area contributed by atoms with E-state index in [1.165, 1.54) is 27.7 Å². The summed E-state index contributed by atoms with van der Waals surface area (Å²) in [5.41, 5.74) is 0. The number of esters is 4. The van der Waals surface area contributed by atoms with Gasteiger partial charge in [-0.05, 0) is 0 Å². The first kappa shape index (κ1) is 21.3. The Morgan fingerprint density at radius 2 is 0.913 bits per heavy atom. The van der Waals surface area contributed by atoms with Crippen LogP contribution >= 0.6 is 0 Å². The molecule has 0 amide bonds. The van der Waals surface area contributed by atoms with Crippen LogP contribution in [0.1, 0.15) is 34.1 Å². The maximum atomic E-state index is 10.9. The molecule has 8 nitrogen and oxygen atoms in total. The lowest BCUT2D eigenvalue weighted by molar-refractivity contribution is -0.173. The van der Waals surface area contributed by atoms with Crippen molar-refractivity contribution >= 4 is 42.9 Å². The van der Waals surface area contributed by atoms with Crippen LogP contribution in [0, 0.1) is 0 Å². The first-order chi connectivity index (χ1) is 10.7. The molecule has 10 heteroatoms. The molecule has 0 spiro atoms. The van der Waals surface area contributed by atoms with Crippen LogP contribution in [0.5, 0.6) is 0 Å². The van der Waals surface area contributed by atoms with E-state index in [0.717, 1.165) is 18.5 Å². The molecule has 0 N–H and O–H groups in total. The summed E-state index contributed by atoms with van der Waals surface area (Å²) in [5, 5.41) is 0. The molecule has 0 fully saturated rings. The van der Waals surface area contributed by atoms with Gasteiger partial charge in [0.25, 0.3) is 0 Å². The molecule has 0 radical (unpaired) electrons. The first-order valence-electron chi connectivity index (χ1n) is 7.39. The van der Waals surface area contributed by atoms with Gasteiger partial charge in [-0.2, -0.15) is 0 Å². The van der Waals surface area contributed by atoms with Gasteiger partial charge in [0.15, 0.2) is 0 Å². The average Bonchev–Trinajstić information content (AvgIpc) is 2.34. The highest BCUT2D eigenvalue weighted by Gasteiger charge is 2.17. The Bertz CT molecular complexity index is 356. The zero-order chi connectivity index (χ0) is 17.8. The van der Waals surface area contributed by atoms with Crippen molar-refractivity contribution < 1.29 is 38.1 Å². The highest BCUT2D eigenvalue weighted by molar-refractivity contribution is 6.39. The molecular weight excluding hydrogens is 340 g/mol. The Balaban J connectivity index is 4.09. The summed E-state index contributed by atoms with van der Waals surface area (Å²) in [4.78, 5) is 43.8. The van der Waals surface area contributed by atoms with E-state index in [1.54, 1.807) is 0 Å². The average molecular weight is 364 g/mol. The van der Waals surface area contributed by atoms with Crippen LogP contribution in [0.4, 0.5) is 0 Å². The Labute approximate surface area is 139 Å². The summed E-state index contributed by atoms with van der Waals surface area (Å²) >= 11 is 0. The fourth-order valence-corrected chi connectivity index (χ4v) is 5.89. The maximum Gasteiger partial charge on any atom is 0.305 e. The second kappa shape index (κ2) is 11.8. The molecule has 0 aliphatic carbocycles. The minimum absolute atomic E-state index is 0.483. The van der Waals surface area contributed by atoms with Crippen molar-refractivity contribution in [3.05, 3.63) is 0 Å². The molecule has 0 aromatic rings. The zero-order valence-corrected chi connectivity index (χ0v) is 16.8. The van der Waals surface area contributed by atoms with Gasteiger partial charge in [-0.3, -0.25) is 19.2 Å². The van der Waals surface area contributed by atoms with Crippen molar-refractivity contribution in [1.29, 1.82) is 0 Å². The van der Waals surface area contributed by atoms with Crippen molar-refractivity contribution in [1.82, 2.24) is 0 Å². The molecule has 0 aliphatic rings. The van der Waals surface area contributed by atoms with Crippen LogP contribution in [0.3, 0.4) is 0 Å². The zero-order valence-electron chi connectivity index (χ0n) is 14.0. The molecule has 0 rings (SSSR count). The molecule has 0 aromatic carbocycles. The number of carbonyl (C=O) groups excluding carboxylic acids is 4. The van der Waals surface area contributed by atoms with Gasteiger partial charge in [-0.1, -0.05) is 18.5 Å². The standard InChI is InChI=1S/C13H24O8Si2/c1-8(14)18-12(19-9(2)15)22-6-5-7-23-13(20-10(3)16)21-11(4)17/h12-13H,5-7,22-23H2,1-4H3. The molecule has 132 valence electrons. The molecule has 0 unspecified atom stereocenters. The van der Waals surface area contributed by atoms with E-state index in [9.17, 15) is 19.2 Å². The predicted molar refractivity (Wildman–Crippen MR) is 86.0 cm³/mol. The molecule has 23 heavy (non-hydrogen) atoms. The van der Waals surface area contributed by atoms with Gasteiger partial charge in [0, 0.05) is 27.7 Å². The monoisotopic (exact) mass is 364 g/mol. The number of carbonyl (C=O) groups is 4. The molecule has 0 bridgehead atoms. The van der Waals surface area contributed by atoms with Gasteiger partial charge in [-0.15, -0.1) is 0 Å². The van der Waals surface area contributed by atoms with Crippen LogP contribution in [0.25, 0.3) is 0 Å². The normalized spacial score (nSPS) is 11.4. The minimum atomic E-state index is -0.928. The fraction of sp³-hybridized carbons (Fsp3) is 0.692. The van der Waals surface area contributed by atoms with E-state index < -0.39 is 54.7 Å². The number of hydrogen-bond donors (Lipinski definition) is 0. The van der Waals surface area contributed by atoms with E-state index in [4.69, 9.17) is 18.9 Å². The smallest absolute Gasteiger partial charge is 0.305 e. The Kier molecular flexibility index (Phi) is 11.0. The Morgan fingerprint density at radius 1 is 0.652 bits per heavy atom. The largest absolute Gasteiger partial charge is 0.431 e. The SMILES string of the molecule is CC(=O)OC(OC(C)=O)[SiH2]CCC[SiH2]C(OC(C)=O)OC(C)=O. The maximum absolute atomic E-state index is 10.9. The lowest BCUT2D eigenvalue weighted by atomic mass is 10.6. The van der Waals surface area contributed by atoms with Crippen molar-refractivity contribution in [3.8, 4) is 0 Å². The van der Waals surface area contributed by atoms with Crippen molar-refractivity contribution in [2.24, 2.45) is 0 Å². The highest BCUT2D eigenvalue weighted by atomic mass is 28.2. The van der Waals surface area contributed by atoms with Crippen molar-refractivity contribution in [2.45, 2.75) is 58.0 Å². The molecule has 0 aliphatic heterocycles. The van der Waals surface area contributed by atoms with E-state index in [-0.39, 0.29) is 0 Å². The molecule has 0 aromatic heterocycles. The second-order valence-corrected chi connectivity index (χ2v) is 8.84. The van der Waals surface area contributed by atoms with Gasteiger partial charge < -0.3 is 18.9 Å². The van der Waals surface area contributed by atoms with Crippen LogP contribution in [-0.2, 0) is 38.1 Å². The van der Waals surface area contributed by atoms with Gasteiger partial charge in [0.1, 0.15) is 19.0 Å². The van der Waals surface area contributed by atoms with Crippen molar-refractivity contribution in [2.75, 3.05) is 0 Å². The fourth-order valence-electron chi connectivity index (χ4n) is 1.82. The number of ether oxygens (including phenoxy) is 4. The summed E-state index contributed by atoms with van der Waals surface area (Å²) in [5.74, 6) is -3.43. The molecule has 0 saturated carbocycles. The van der Waals surface area contributed by atoms with Gasteiger partial charge >= 0.3 is 23.9 Å². The van der Waals surface area contributed by atoms with Gasteiger partial charge in [0.2, 0.25) is 11.8 Å². The lowest BCUT2D eigenvalue weighted by Crippen LogP contribution is -2.29. The van der Waals surface area contributed by atoms with Gasteiger partial charge in [0.05, 0.1) is 0 Å². The predicted octanol–water partition coefficient (Wildman–Crippen LogP) is -0.630. The third-order valence-corrected chi connectivity index (χ3v) is 6.00. The third kappa shape index (κ3) is 13.7. The van der Waals surface area contributed by atoms with Crippen molar-refractivity contribution in [3.63, 3.8) is 0 Å². The van der Waals surface area contributed by atoms with Crippen LogP contribution in [0.2, 0.25) is 12.1 Å². The van der Waals surface area contributed by atoms with E-state index in [2.05, 4.69) is 0 Å². The van der Waals surface area contributed by atoms with E-state index in [0.29, 0.717) is 0 Å². The Hall–Kier alpha value is -1.69.